The summed E-state index contributed by atoms with van der Waals surface area (Å²) in [6, 6.07) is 5.81. The number of nitrogens with one attached hydrogen (secondary N) is 2. The van der Waals surface area contributed by atoms with Gasteiger partial charge in [-0.15, -0.1) is 0 Å². The van der Waals surface area contributed by atoms with E-state index in [0.29, 0.717) is 12.1 Å². The summed E-state index contributed by atoms with van der Waals surface area (Å²) in [6.45, 7) is 4.85. The second kappa shape index (κ2) is 5.08. The van der Waals surface area contributed by atoms with Crippen LogP contribution in [0.15, 0.2) is 23.3 Å². The first-order valence-corrected chi connectivity index (χ1v) is 6.12. The summed E-state index contributed by atoms with van der Waals surface area (Å²) >= 11 is 0. The van der Waals surface area contributed by atoms with Crippen LogP contribution in [0.2, 0.25) is 0 Å². The standard InChI is InChI=1S/C13H18N4O/c1-3-15-11-5-4-9(7-10(11)14)13-8(2)6-12(18)16-17-13/h4-5,7-8,15H,3,6,14H2,1-2H3,(H,16,18). The number of anilines is 2. The Bertz CT molecular complexity index is 496. The van der Waals surface area contributed by atoms with Gasteiger partial charge in [-0.3, -0.25) is 4.79 Å². The number of nitrogen functional groups attached to an aromatic ring is 1. The summed E-state index contributed by atoms with van der Waals surface area (Å²) in [6.07, 6.45) is 0.466. The Hall–Kier alpha value is -2.04. The number of rotatable bonds is 3. The second-order valence-corrected chi connectivity index (χ2v) is 4.47. The molecule has 1 unspecified atom stereocenters. The van der Waals surface area contributed by atoms with Crippen molar-refractivity contribution in [1.29, 1.82) is 0 Å². The van der Waals surface area contributed by atoms with E-state index in [-0.39, 0.29) is 11.8 Å². The van der Waals surface area contributed by atoms with Gasteiger partial charge in [-0.2, -0.15) is 5.10 Å². The molecule has 1 aliphatic heterocycles. The van der Waals surface area contributed by atoms with Crippen molar-refractivity contribution in [3.63, 3.8) is 0 Å². The fourth-order valence-corrected chi connectivity index (χ4v) is 2.08. The number of carbonyl (C=O) groups is 1. The molecule has 18 heavy (non-hydrogen) atoms. The van der Waals surface area contributed by atoms with E-state index in [2.05, 4.69) is 15.8 Å². The van der Waals surface area contributed by atoms with Crippen molar-refractivity contribution in [1.82, 2.24) is 5.43 Å². The number of benzene rings is 1. The van der Waals surface area contributed by atoms with Gasteiger partial charge >= 0.3 is 0 Å². The fraction of sp³-hybridized carbons (Fsp3) is 0.385. The van der Waals surface area contributed by atoms with Gasteiger partial charge in [-0.25, -0.2) is 5.43 Å². The third-order valence-corrected chi connectivity index (χ3v) is 2.97. The molecule has 1 atom stereocenters. The van der Waals surface area contributed by atoms with Gasteiger partial charge in [0.1, 0.15) is 0 Å². The van der Waals surface area contributed by atoms with Crippen LogP contribution in [0.25, 0.3) is 0 Å². The molecule has 1 aromatic carbocycles. The molecule has 1 amide bonds. The molecule has 0 radical (unpaired) electrons. The Morgan fingerprint density at radius 2 is 2.33 bits per heavy atom. The van der Waals surface area contributed by atoms with Crippen LogP contribution < -0.4 is 16.5 Å². The van der Waals surface area contributed by atoms with Crippen LogP contribution in [-0.2, 0) is 4.79 Å². The normalized spacial score (nSPS) is 19.1. The molecular weight excluding hydrogens is 228 g/mol. The lowest BCUT2D eigenvalue weighted by molar-refractivity contribution is -0.121. The molecule has 0 fully saturated rings. The van der Waals surface area contributed by atoms with E-state index >= 15 is 0 Å². The van der Waals surface area contributed by atoms with Crippen molar-refractivity contribution < 1.29 is 4.79 Å². The van der Waals surface area contributed by atoms with Gasteiger partial charge in [0.05, 0.1) is 17.1 Å². The van der Waals surface area contributed by atoms with Gasteiger partial charge in [0, 0.05) is 24.4 Å². The lowest BCUT2D eigenvalue weighted by Gasteiger charge is -2.20. The van der Waals surface area contributed by atoms with Gasteiger partial charge in [-0.05, 0) is 19.1 Å². The smallest absolute Gasteiger partial charge is 0.240 e. The van der Waals surface area contributed by atoms with Crippen LogP contribution >= 0.6 is 0 Å². The van der Waals surface area contributed by atoms with Crippen LogP contribution in [0.5, 0.6) is 0 Å². The maximum absolute atomic E-state index is 11.2. The average molecular weight is 246 g/mol. The largest absolute Gasteiger partial charge is 0.397 e. The minimum Gasteiger partial charge on any atom is -0.397 e. The van der Waals surface area contributed by atoms with E-state index in [1.54, 1.807) is 0 Å². The summed E-state index contributed by atoms with van der Waals surface area (Å²) in [5.74, 6) is 0.0756. The Kier molecular flexibility index (Phi) is 3.50. The summed E-state index contributed by atoms with van der Waals surface area (Å²) in [4.78, 5) is 11.2. The molecule has 1 aliphatic rings. The molecule has 0 aliphatic carbocycles. The van der Waals surface area contributed by atoms with E-state index < -0.39 is 0 Å². The fourth-order valence-electron chi connectivity index (χ4n) is 2.08. The molecule has 0 bridgehead atoms. The predicted octanol–water partition coefficient (Wildman–Crippen LogP) is 1.56. The Morgan fingerprint density at radius 1 is 1.56 bits per heavy atom. The van der Waals surface area contributed by atoms with Gasteiger partial charge in [0.15, 0.2) is 0 Å². The monoisotopic (exact) mass is 246 g/mol. The highest BCUT2D eigenvalue weighted by atomic mass is 16.2. The highest BCUT2D eigenvalue weighted by Gasteiger charge is 2.21. The number of nitrogens with two attached hydrogens (primary N) is 1. The molecule has 5 heteroatoms. The third kappa shape index (κ3) is 2.45. The lowest BCUT2D eigenvalue weighted by Crippen LogP contribution is -2.32. The van der Waals surface area contributed by atoms with E-state index in [1.807, 2.05) is 32.0 Å². The van der Waals surface area contributed by atoms with Gasteiger partial charge < -0.3 is 11.1 Å². The van der Waals surface area contributed by atoms with E-state index in [4.69, 9.17) is 5.73 Å². The predicted molar refractivity (Wildman–Crippen MR) is 73.5 cm³/mol. The van der Waals surface area contributed by atoms with Crippen LogP contribution in [0.3, 0.4) is 0 Å². The first kappa shape index (κ1) is 12.4. The highest BCUT2D eigenvalue weighted by Crippen LogP contribution is 2.23. The van der Waals surface area contributed by atoms with Crippen molar-refractivity contribution in [3.8, 4) is 0 Å². The van der Waals surface area contributed by atoms with E-state index in [9.17, 15) is 4.79 Å². The molecule has 2 rings (SSSR count). The maximum atomic E-state index is 11.2. The molecular formula is C13H18N4O. The summed E-state index contributed by atoms with van der Waals surface area (Å²) in [5, 5.41) is 7.31. The molecule has 0 saturated heterocycles. The molecule has 0 spiro atoms. The first-order chi connectivity index (χ1) is 8.61. The zero-order valence-corrected chi connectivity index (χ0v) is 10.7. The van der Waals surface area contributed by atoms with Crippen LogP contribution in [0.4, 0.5) is 11.4 Å². The minimum atomic E-state index is -0.0384. The van der Waals surface area contributed by atoms with Crippen LogP contribution in [-0.4, -0.2) is 18.2 Å². The molecule has 0 saturated carbocycles. The lowest BCUT2D eigenvalue weighted by atomic mass is 9.93. The van der Waals surface area contributed by atoms with Crippen LogP contribution in [0.1, 0.15) is 25.8 Å². The van der Waals surface area contributed by atoms with E-state index in [0.717, 1.165) is 23.5 Å². The molecule has 0 aromatic heterocycles. The summed E-state index contributed by atoms with van der Waals surface area (Å²) < 4.78 is 0. The Labute approximate surface area is 106 Å². The molecule has 96 valence electrons. The topological polar surface area (TPSA) is 79.5 Å². The zero-order valence-electron chi connectivity index (χ0n) is 10.7. The number of carbonyl (C=O) groups excluding carboxylic acids is 1. The zero-order chi connectivity index (χ0) is 13.1. The number of amides is 1. The van der Waals surface area contributed by atoms with Crippen molar-refractivity contribution in [2.24, 2.45) is 11.0 Å². The Morgan fingerprint density at radius 3 is 2.94 bits per heavy atom. The second-order valence-electron chi connectivity index (χ2n) is 4.47. The van der Waals surface area contributed by atoms with Gasteiger partial charge in [0.25, 0.3) is 0 Å². The van der Waals surface area contributed by atoms with Crippen molar-refractivity contribution >= 4 is 23.0 Å². The Balaban J connectivity index is 2.29. The number of nitrogens with zero attached hydrogens (tertiary/aromatic N) is 1. The maximum Gasteiger partial charge on any atom is 0.240 e. The first-order valence-electron chi connectivity index (χ1n) is 6.12. The highest BCUT2D eigenvalue weighted by molar-refractivity contribution is 6.06. The summed E-state index contributed by atoms with van der Waals surface area (Å²) in [5.41, 5.74) is 12.0. The molecule has 5 nitrogen and oxygen atoms in total. The van der Waals surface area contributed by atoms with Gasteiger partial charge in [0.2, 0.25) is 5.91 Å². The third-order valence-electron chi connectivity index (χ3n) is 2.97. The van der Waals surface area contributed by atoms with Crippen molar-refractivity contribution in [2.45, 2.75) is 20.3 Å². The SMILES string of the molecule is CCNc1ccc(C2=NNC(=O)CC2C)cc1N. The van der Waals surface area contributed by atoms with Crippen molar-refractivity contribution in [2.75, 3.05) is 17.6 Å². The van der Waals surface area contributed by atoms with Crippen LogP contribution in [0, 0.1) is 5.92 Å². The van der Waals surface area contributed by atoms with Gasteiger partial charge in [-0.1, -0.05) is 13.0 Å². The number of hydrazone groups is 1. The molecule has 4 N–H and O–H groups in total. The quantitative estimate of drug-likeness (QED) is 0.708. The minimum absolute atomic E-state index is 0.0384. The number of hydrogen-bond acceptors (Lipinski definition) is 4. The average Bonchev–Trinajstić information content (AvgIpc) is 2.32. The van der Waals surface area contributed by atoms with E-state index in [1.165, 1.54) is 0 Å². The number of hydrogen-bond donors (Lipinski definition) is 3. The molecule has 1 aromatic rings. The van der Waals surface area contributed by atoms with Crippen molar-refractivity contribution in [3.05, 3.63) is 23.8 Å². The molecule has 1 heterocycles. The summed E-state index contributed by atoms with van der Waals surface area (Å²) in [7, 11) is 0.